The van der Waals surface area contributed by atoms with E-state index in [-0.39, 0.29) is 22.3 Å². The van der Waals surface area contributed by atoms with Crippen molar-refractivity contribution in [3.05, 3.63) is 40.6 Å². The molecular formula is C15H13Cl2N3O4. The summed E-state index contributed by atoms with van der Waals surface area (Å²) in [6, 6.07) is 6.01. The van der Waals surface area contributed by atoms with Crippen LogP contribution in [0.2, 0.25) is 10.2 Å². The third kappa shape index (κ3) is 4.06. The Bertz CT molecular complexity index is 783. The first-order chi connectivity index (χ1) is 11.5. The van der Waals surface area contributed by atoms with Gasteiger partial charge in [0.1, 0.15) is 11.5 Å². The molecule has 0 aliphatic carbocycles. The lowest BCUT2D eigenvalue weighted by Crippen LogP contribution is -2.29. The van der Waals surface area contributed by atoms with E-state index in [0.717, 1.165) is 0 Å². The lowest BCUT2D eigenvalue weighted by atomic mass is 10.2. The molecule has 0 bridgehead atoms. The quantitative estimate of drug-likeness (QED) is 0.638. The van der Waals surface area contributed by atoms with Gasteiger partial charge in [0, 0.05) is 18.3 Å². The second-order valence-corrected chi connectivity index (χ2v) is 5.20. The minimum absolute atomic E-state index is 0.0735. The Morgan fingerprint density at radius 3 is 2.21 bits per heavy atom. The maximum Gasteiger partial charge on any atom is 0.314 e. The third-order valence-electron chi connectivity index (χ3n) is 2.94. The molecule has 2 N–H and O–H groups in total. The van der Waals surface area contributed by atoms with Crippen molar-refractivity contribution in [2.24, 2.45) is 0 Å². The van der Waals surface area contributed by atoms with Crippen LogP contribution in [0.4, 0.5) is 11.4 Å². The zero-order valence-corrected chi connectivity index (χ0v) is 14.2. The minimum Gasteiger partial charge on any atom is -0.495 e. The number of nitrogens with zero attached hydrogens (tertiary/aromatic N) is 1. The standard InChI is InChI=1S/C15H13Cl2N3O4/c1-23-11-7-10(12(24-2)6-8(11)16)20-15(22)14(21)19-9-4-3-5-18-13(9)17/h3-7H,1-2H3,(H,19,21)(H,20,22). The van der Waals surface area contributed by atoms with Crippen LogP contribution in [-0.2, 0) is 9.59 Å². The van der Waals surface area contributed by atoms with Crippen LogP contribution >= 0.6 is 23.2 Å². The van der Waals surface area contributed by atoms with Crippen LogP contribution < -0.4 is 20.1 Å². The average molecular weight is 370 g/mol. The molecule has 9 heteroatoms. The highest BCUT2D eigenvalue weighted by molar-refractivity contribution is 6.44. The fourth-order valence-electron chi connectivity index (χ4n) is 1.80. The van der Waals surface area contributed by atoms with E-state index in [2.05, 4.69) is 15.6 Å². The number of methoxy groups -OCH3 is 2. The fraction of sp³-hybridized carbons (Fsp3) is 0.133. The predicted octanol–water partition coefficient (Wildman–Crippen LogP) is 2.98. The van der Waals surface area contributed by atoms with Gasteiger partial charge in [-0.15, -0.1) is 0 Å². The van der Waals surface area contributed by atoms with Gasteiger partial charge in [-0.25, -0.2) is 4.98 Å². The van der Waals surface area contributed by atoms with Crippen LogP contribution in [0, 0.1) is 0 Å². The summed E-state index contributed by atoms with van der Waals surface area (Å²) >= 11 is 11.8. The molecule has 0 fully saturated rings. The number of aromatic nitrogens is 1. The second kappa shape index (κ2) is 7.85. The Hall–Kier alpha value is -2.51. The van der Waals surface area contributed by atoms with Crippen molar-refractivity contribution in [2.75, 3.05) is 24.9 Å². The molecule has 2 aromatic rings. The largest absolute Gasteiger partial charge is 0.495 e. The highest BCUT2D eigenvalue weighted by atomic mass is 35.5. The second-order valence-electron chi connectivity index (χ2n) is 4.44. The van der Waals surface area contributed by atoms with Gasteiger partial charge in [-0.2, -0.15) is 0 Å². The van der Waals surface area contributed by atoms with Crippen LogP contribution in [0.25, 0.3) is 0 Å². The minimum atomic E-state index is -0.919. The number of ether oxygens (including phenoxy) is 2. The van der Waals surface area contributed by atoms with E-state index in [9.17, 15) is 9.59 Å². The fourth-order valence-corrected chi connectivity index (χ4v) is 2.19. The number of benzene rings is 1. The first kappa shape index (κ1) is 17.8. The molecule has 0 spiro atoms. The Morgan fingerprint density at radius 2 is 1.62 bits per heavy atom. The summed E-state index contributed by atoms with van der Waals surface area (Å²) < 4.78 is 10.2. The summed E-state index contributed by atoms with van der Waals surface area (Å²) in [5, 5.41) is 5.17. The van der Waals surface area contributed by atoms with Crippen molar-refractivity contribution in [3.8, 4) is 11.5 Å². The molecule has 0 saturated carbocycles. The molecule has 0 atom stereocenters. The van der Waals surface area contributed by atoms with Crippen molar-refractivity contribution in [1.29, 1.82) is 0 Å². The summed E-state index contributed by atoms with van der Waals surface area (Å²) in [7, 11) is 2.83. The number of halogens is 2. The van der Waals surface area contributed by atoms with Gasteiger partial charge in [0.05, 0.1) is 30.6 Å². The van der Waals surface area contributed by atoms with Gasteiger partial charge in [-0.05, 0) is 12.1 Å². The number of carbonyl (C=O) groups is 2. The van der Waals surface area contributed by atoms with E-state index in [1.54, 1.807) is 6.07 Å². The average Bonchev–Trinajstić information content (AvgIpc) is 2.57. The zero-order chi connectivity index (χ0) is 17.7. The molecular weight excluding hydrogens is 357 g/mol. The van der Waals surface area contributed by atoms with Gasteiger partial charge in [0.25, 0.3) is 0 Å². The molecule has 2 amide bonds. The Kier molecular flexibility index (Phi) is 5.83. The van der Waals surface area contributed by atoms with E-state index in [4.69, 9.17) is 32.7 Å². The van der Waals surface area contributed by atoms with Crippen LogP contribution in [-0.4, -0.2) is 31.0 Å². The van der Waals surface area contributed by atoms with Gasteiger partial charge in [0.2, 0.25) is 0 Å². The van der Waals surface area contributed by atoms with Crippen LogP contribution in [0.15, 0.2) is 30.5 Å². The summed E-state index contributed by atoms with van der Waals surface area (Å²) in [6.45, 7) is 0. The highest BCUT2D eigenvalue weighted by Crippen LogP contribution is 2.35. The summed E-state index contributed by atoms with van der Waals surface area (Å²) in [4.78, 5) is 27.9. The number of amides is 2. The van der Waals surface area contributed by atoms with Crippen molar-refractivity contribution in [3.63, 3.8) is 0 Å². The molecule has 0 aliphatic rings. The number of nitrogens with one attached hydrogen (secondary N) is 2. The molecule has 7 nitrogen and oxygen atoms in total. The van der Waals surface area contributed by atoms with E-state index in [1.807, 2.05) is 0 Å². The van der Waals surface area contributed by atoms with Gasteiger partial charge in [-0.3, -0.25) is 9.59 Å². The van der Waals surface area contributed by atoms with Crippen molar-refractivity contribution >= 4 is 46.4 Å². The van der Waals surface area contributed by atoms with Crippen molar-refractivity contribution in [1.82, 2.24) is 4.98 Å². The van der Waals surface area contributed by atoms with Crippen LogP contribution in [0.3, 0.4) is 0 Å². The van der Waals surface area contributed by atoms with E-state index in [1.165, 1.54) is 38.6 Å². The summed E-state index contributed by atoms with van der Waals surface area (Å²) in [6.07, 6.45) is 1.46. The summed E-state index contributed by atoms with van der Waals surface area (Å²) in [5.74, 6) is -1.23. The molecule has 24 heavy (non-hydrogen) atoms. The van der Waals surface area contributed by atoms with E-state index >= 15 is 0 Å². The Labute approximate surface area is 147 Å². The maximum atomic E-state index is 12.1. The number of anilines is 2. The highest BCUT2D eigenvalue weighted by Gasteiger charge is 2.19. The first-order valence-corrected chi connectivity index (χ1v) is 7.36. The molecule has 0 radical (unpaired) electrons. The summed E-state index contributed by atoms with van der Waals surface area (Å²) in [5.41, 5.74) is 0.455. The van der Waals surface area contributed by atoms with Crippen LogP contribution in [0.5, 0.6) is 11.5 Å². The van der Waals surface area contributed by atoms with Crippen molar-refractivity contribution in [2.45, 2.75) is 0 Å². The topological polar surface area (TPSA) is 89.5 Å². The molecule has 1 aromatic heterocycles. The zero-order valence-electron chi connectivity index (χ0n) is 12.7. The number of hydrogen-bond donors (Lipinski definition) is 2. The third-order valence-corrected chi connectivity index (χ3v) is 3.53. The van der Waals surface area contributed by atoms with Crippen LogP contribution in [0.1, 0.15) is 0 Å². The molecule has 0 aliphatic heterocycles. The Morgan fingerprint density at radius 1 is 1.00 bits per heavy atom. The molecule has 1 heterocycles. The molecule has 0 saturated heterocycles. The number of carbonyl (C=O) groups excluding carboxylic acids is 2. The molecule has 126 valence electrons. The van der Waals surface area contributed by atoms with E-state index in [0.29, 0.717) is 10.8 Å². The predicted molar refractivity (Wildman–Crippen MR) is 91.1 cm³/mol. The number of rotatable bonds is 4. The van der Waals surface area contributed by atoms with Gasteiger partial charge < -0.3 is 20.1 Å². The SMILES string of the molecule is COc1cc(NC(=O)C(=O)Nc2cccnc2Cl)c(OC)cc1Cl. The number of hydrogen-bond acceptors (Lipinski definition) is 5. The monoisotopic (exact) mass is 369 g/mol. The van der Waals surface area contributed by atoms with Gasteiger partial charge >= 0.3 is 11.8 Å². The molecule has 1 aromatic carbocycles. The number of pyridine rings is 1. The molecule has 0 unspecified atom stereocenters. The normalized spacial score (nSPS) is 10.0. The smallest absolute Gasteiger partial charge is 0.314 e. The molecule has 2 rings (SSSR count). The maximum absolute atomic E-state index is 12.1. The van der Waals surface area contributed by atoms with Crippen molar-refractivity contribution < 1.29 is 19.1 Å². The first-order valence-electron chi connectivity index (χ1n) is 6.60. The van der Waals surface area contributed by atoms with Gasteiger partial charge in [0.15, 0.2) is 5.15 Å². The van der Waals surface area contributed by atoms with Gasteiger partial charge in [-0.1, -0.05) is 23.2 Å². The van der Waals surface area contributed by atoms with E-state index < -0.39 is 11.8 Å². The lowest BCUT2D eigenvalue weighted by Gasteiger charge is -2.13. The Balaban J connectivity index is 2.17. The lowest BCUT2D eigenvalue weighted by molar-refractivity contribution is -0.133.